The summed E-state index contributed by atoms with van der Waals surface area (Å²) in [5.41, 5.74) is 1.81. The van der Waals surface area contributed by atoms with Gasteiger partial charge in [-0.15, -0.1) is 0 Å². The standard InChI is InChI=1S/C20H22N2O4/c1-2-26-20(25)14-6-8-15(9-7-14)21-18-16(23)10-11-17(24)19(18)22-12-4-3-5-13-22/h6-11,21H,2-5,12-13H2,1H3. The number of likely N-dealkylation sites (tertiary alicyclic amines) is 1. The first-order valence-electron chi connectivity index (χ1n) is 8.90. The van der Waals surface area contributed by atoms with Crippen molar-refractivity contribution in [2.75, 3.05) is 25.0 Å². The first kappa shape index (κ1) is 17.9. The normalized spacial score (nSPS) is 17.5. The van der Waals surface area contributed by atoms with Crippen molar-refractivity contribution >= 4 is 23.2 Å². The van der Waals surface area contributed by atoms with Crippen LogP contribution < -0.4 is 5.32 Å². The maximum absolute atomic E-state index is 12.4. The predicted octanol–water partition coefficient (Wildman–Crippen LogP) is 2.68. The average Bonchev–Trinajstić information content (AvgIpc) is 2.66. The molecule has 1 heterocycles. The van der Waals surface area contributed by atoms with E-state index in [0.717, 1.165) is 32.4 Å². The third-order valence-electron chi connectivity index (χ3n) is 4.44. The number of rotatable bonds is 5. The molecule has 26 heavy (non-hydrogen) atoms. The second kappa shape index (κ2) is 7.99. The van der Waals surface area contributed by atoms with Crippen LogP contribution in [0, 0.1) is 0 Å². The van der Waals surface area contributed by atoms with E-state index in [1.54, 1.807) is 31.2 Å². The lowest BCUT2D eigenvalue weighted by Crippen LogP contribution is -2.36. The number of nitrogens with zero attached hydrogens (tertiary/aromatic N) is 1. The molecule has 6 nitrogen and oxygen atoms in total. The molecule has 0 unspecified atom stereocenters. The van der Waals surface area contributed by atoms with Gasteiger partial charge in [0.15, 0.2) is 0 Å². The summed E-state index contributed by atoms with van der Waals surface area (Å²) in [5, 5.41) is 3.07. The van der Waals surface area contributed by atoms with Gasteiger partial charge in [0.2, 0.25) is 11.6 Å². The Morgan fingerprint density at radius 2 is 1.69 bits per heavy atom. The Morgan fingerprint density at radius 1 is 1.04 bits per heavy atom. The lowest BCUT2D eigenvalue weighted by Gasteiger charge is -2.32. The molecule has 0 bridgehead atoms. The summed E-state index contributed by atoms with van der Waals surface area (Å²) in [6.07, 6.45) is 5.79. The third-order valence-corrected chi connectivity index (χ3v) is 4.44. The number of anilines is 1. The molecule has 0 radical (unpaired) electrons. The number of ether oxygens (including phenoxy) is 1. The van der Waals surface area contributed by atoms with Gasteiger partial charge in [-0.05, 0) is 62.6 Å². The molecule has 1 fully saturated rings. The maximum Gasteiger partial charge on any atom is 0.338 e. The van der Waals surface area contributed by atoms with Crippen LogP contribution in [-0.2, 0) is 14.3 Å². The SMILES string of the molecule is CCOC(=O)c1ccc(NC2=C(N3CCCCC3)C(=O)C=CC2=O)cc1. The van der Waals surface area contributed by atoms with Gasteiger partial charge < -0.3 is 15.0 Å². The summed E-state index contributed by atoms with van der Waals surface area (Å²) >= 11 is 0. The molecule has 0 saturated carbocycles. The number of hydrogen-bond acceptors (Lipinski definition) is 6. The van der Waals surface area contributed by atoms with E-state index in [9.17, 15) is 14.4 Å². The Bertz CT molecular complexity index is 772. The monoisotopic (exact) mass is 354 g/mol. The van der Waals surface area contributed by atoms with Gasteiger partial charge in [0.05, 0.1) is 12.2 Å². The maximum atomic E-state index is 12.4. The summed E-state index contributed by atoms with van der Waals surface area (Å²) < 4.78 is 4.96. The molecule has 1 aliphatic heterocycles. The molecule has 1 saturated heterocycles. The fraction of sp³-hybridized carbons (Fsp3) is 0.350. The smallest absolute Gasteiger partial charge is 0.338 e. The molecule has 0 amide bonds. The molecule has 0 aromatic heterocycles. The zero-order chi connectivity index (χ0) is 18.5. The highest BCUT2D eigenvalue weighted by molar-refractivity contribution is 6.20. The third kappa shape index (κ3) is 3.85. The Morgan fingerprint density at radius 3 is 2.35 bits per heavy atom. The number of ketones is 2. The van der Waals surface area contributed by atoms with Crippen molar-refractivity contribution in [2.45, 2.75) is 26.2 Å². The second-order valence-corrected chi connectivity index (χ2v) is 6.26. The number of carbonyl (C=O) groups is 3. The Labute approximate surface area is 152 Å². The Hall–Kier alpha value is -2.89. The number of piperidine rings is 1. The van der Waals surface area contributed by atoms with E-state index in [2.05, 4.69) is 5.32 Å². The average molecular weight is 354 g/mol. The van der Waals surface area contributed by atoms with E-state index in [1.165, 1.54) is 12.2 Å². The molecular formula is C20H22N2O4. The first-order chi connectivity index (χ1) is 12.6. The van der Waals surface area contributed by atoms with Gasteiger partial charge in [0.1, 0.15) is 11.4 Å². The minimum atomic E-state index is -0.390. The number of benzene rings is 1. The summed E-state index contributed by atoms with van der Waals surface area (Å²) in [7, 11) is 0. The number of allylic oxidation sites excluding steroid dienone is 2. The molecule has 0 atom stereocenters. The van der Waals surface area contributed by atoms with Gasteiger partial charge in [-0.3, -0.25) is 9.59 Å². The highest BCUT2D eigenvalue weighted by atomic mass is 16.5. The van der Waals surface area contributed by atoms with Crippen molar-refractivity contribution in [3.05, 3.63) is 53.4 Å². The highest BCUT2D eigenvalue weighted by Gasteiger charge is 2.28. The summed E-state index contributed by atoms with van der Waals surface area (Å²) in [4.78, 5) is 38.5. The van der Waals surface area contributed by atoms with Crippen molar-refractivity contribution in [3.8, 4) is 0 Å². The molecule has 1 aliphatic carbocycles. The van der Waals surface area contributed by atoms with Crippen LogP contribution in [0.15, 0.2) is 47.8 Å². The number of esters is 1. The van der Waals surface area contributed by atoms with Crippen molar-refractivity contribution in [2.24, 2.45) is 0 Å². The van der Waals surface area contributed by atoms with Gasteiger partial charge in [0, 0.05) is 18.8 Å². The van der Waals surface area contributed by atoms with E-state index in [1.807, 2.05) is 4.90 Å². The summed E-state index contributed by atoms with van der Waals surface area (Å²) in [6.45, 7) is 3.61. The van der Waals surface area contributed by atoms with Crippen molar-refractivity contribution in [3.63, 3.8) is 0 Å². The van der Waals surface area contributed by atoms with Crippen LogP contribution in [0.3, 0.4) is 0 Å². The van der Waals surface area contributed by atoms with E-state index < -0.39 is 0 Å². The lowest BCUT2D eigenvalue weighted by atomic mass is 10.0. The zero-order valence-electron chi connectivity index (χ0n) is 14.8. The number of hydrogen-bond donors (Lipinski definition) is 1. The lowest BCUT2D eigenvalue weighted by molar-refractivity contribution is -0.116. The highest BCUT2D eigenvalue weighted by Crippen LogP contribution is 2.24. The van der Waals surface area contributed by atoms with E-state index >= 15 is 0 Å². The molecule has 1 N–H and O–H groups in total. The van der Waals surface area contributed by atoms with E-state index in [4.69, 9.17) is 4.74 Å². The summed E-state index contributed by atoms with van der Waals surface area (Å²) in [5.74, 6) is -0.768. The topological polar surface area (TPSA) is 75.7 Å². The molecule has 2 aliphatic rings. The fourth-order valence-corrected chi connectivity index (χ4v) is 3.15. The second-order valence-electron chi connectivity index (χ2n) is 6.26. The van der Waals surface area contributed by atoms with E-state index in [0.29, 0.717) is 29.3 Å². The van der Waals surface area contributed by atoms with Crippen molar-refractivity contribution in [1.82, 2.24) is 4.90 Å². The van der Waals surface area contributed by atoms with Crippen LogP contribution in [0.1, 0.15) is 36.5 Å². The van der Waals surface area contributed by atoms with Crippen LogP contribution in [0.25, 0.3) is 0 Å². The van der Waals surface area contributed by atoms with Crippen molar-refractivity contribution in [1.29, 1.82) is 0 Å². The van der Waals surface area contributed by atoms with Gasteiger partial charge in [-0.1, -0.05) is 0 Å². The van der Waals surface area contributed by atoms with Gasteiger partial charge in [-0.25, -0.2) is 4.79 Å². The molecule has 136 valence electrons. The minimum Gasteiger partial charge on any atom is -0.462 e. The van der Waals surface area contributed by atoms with Gasteiger partial charge in [0.25, 0.3) is 0 Å². The number of nitrogens with one attached hydrogen (secondary N) is 1. The Balaban J connectivity index is 1.85. The molecule has 0 spiro atoms. The summed E-state index contributed by atoms with van der Waals surface area (Å²) in [6, 6.07) is 6.66. The fourth-order valence-electron chi connectivity index (χ4n) is 3.15. The van der Waals surface area contributed by atoms with Crippen LogP contribution in [0.5, 0.6) is 0 Å². The largest absolute Gasteiger partial charge is 0.462 e. The molecule has 6 heteroatoms. The van der Waals surface area contributed by atoms with Gasteiger partial charge in [-0.2, -0.15) is 0 Å². The molecule has 3 rings (SSSR count). The number of carbonyl (C=O) groups excluding carboxylic acids is 3. The first-order valence-corrected chi connectivity index (χ1v) is 8.90. The quantitative estimate of drug-likeness (QED) is 0.647. The molecule has 1 aromatic rings. The molecular weight excluding hydrogens is 332 g/mol. The van der Waals surface area contributed by atoms with E-state index in [-0.39, 0.29) is 17.5 Å². The van der Waals surface area contributed by atoms with Crippen LogP contribution >= 0.6 is 0 Å². The van der Waals surface area contributed by atoms with Crippen LogP contribution in [0.4, 0.5) is 5.69 Å². The minimum absolute atomic E-state index is 0.155. The van der Waals surface area contributed by atoms with Crippen LogP contribution in [0.2, 0.25) is 0 Å². The Kier molecular flexibility index (Phi) is 5.51. The van der Waals surface area contributed by atoms with Crippen molar-refractivity contribution < 1.29 is 19.1 Å². The van der Waals surface area contributed by atoms with Crippen LogP contribution in [-0.4, -0.2) is 42.1 Å². The zero-order valence-corrected chi connectivity index (χ0v) is 14.8. The van der Waals surface area contributed by atoms with Gasteiger partial charge >= 0.3 is 5.97 Å². The predicted molar refractivity (Wildman–Crippen MR) is 97.6 cm³/mol. The molecule has 1 aromatic carbocycles.